The van der Waals surface area contributed by atoms with Crippen molar-refractivity contribution in [2.75, 3.05) is 19.6 Å². The van der Waals surface area contributed by atoms with Gasteiger partial charge in [-0.15, -0.1) is 0 Å². The maximum absolute atomic E-state index is 5.94. The van der Waals surface area contributed by atoms with Gasteiger partial charge < -0.3 is 5.73 Å². The summed E-state index contributed by atoms with van der Waals surface area (Å²) in [5.74, 6) is 0.891. The van der Waals surface area contributed by atoms with Crippen LogP contribution in [-0.2, 0) is 0 Å². The molecule has 0 bridgehead atoms. The van der Waals surface area contributed by atoms with E-state index >= 15 is 0 Å². The van der Waals surface area contributed by atoms with Gasteiger partial charge in [0.1, 0.15) is 0 Å². The number of rotatable bonds is 7. The predicted octanol–water partition coefficient (Wildman–Crippen LogP) is 3.41. The van der Waals surface area contributed by atoms with E-state index in [1.165, 1.54) is 64.5 Å². The van der Waals surface area contributed by atoms with Gasteiger partial charge in [0.25, 0.3) is 0 Å². The first kappa shape index (κ1) is 15.0. The Hall–Kier alpha value is -0.0800. The molecule has 2 nitrogen and oxygen atoms in total. The van der Waals surface area contributed by atoms with E-state index < -0.39 is 0 Å². The lowest BCUT2D eigenvalue weighted by Crippen LogP contribution is -2.42. The molecule has 0 aromatic rings. The Morgan fingerprint density at radius 1 is 1.24 bits per heavy atom. The summed E-state index contributed by atoms with van der Waals surface area (Å²) in [5.41, 5.74) is 5.94. The number of unbranched alkanes of at least 4 members (excludes halogenated alkanes) is 1. The number of hydrogen-bond donors (Lipinski definition) is 1. The maximum Gasteiger partial charge on any atom is 0.0218 e. The molecular weight excluding hydrogens is 208 g/mol. The SMILES string of the molecule is CCCCC(CC)CN1CCCCCC1CN. The minimum absolute atomic E-state index is 0.660. The van der Waals surface area contributed by atoms with Crippen LogP contribution in [-0.4, -0.2) is 30.6 Å². The fourth-order valence-electron chi connectivity index (χ4n) is 2.99. The number of nitrogens with zero attached hydrogens (tertiary/aromatic N) is 1. The number of hydrogen-bond acceptors (Lipinski definition) is 2. The van der Waals surface area contributed by atoms with Crippen molar-refractivity contribution in [3.63, 3.8) is 0 Å². The molecule has 2 heteroatoms. The fraction of sp³-hybridized carbons (Fsp3) is 1.00. The summed E-state index contributed by atoms with van der Waals surface area (Å²) >= 11 is 0. The van der Waals surface area contributed by atoms with Crippen LogP contribution in [0.15, 0.2) is 0 Å². The van der Waals surface area contributed by atoms with Crippen LogP contribution in [0.25, 0.3) is 0 Å². The highest BCUT2D eigenvalue weighted by Gasteiger charge is 2.21. The Kier molecular flexibility index (Phi) is 7.87. The van der Waals surface area contributed by atoms with Crippen LogP contribution in [0.2, 0.25) is 0 Å². The average Bonchev–Trinajstić information content (AvgIpc) is 2.59. The number of nitrogens with two attached hydrogens (primary N) is 1. The summed E-state index contributed by atoms with van der Waals surface area (Å²) < 4.78 is 0. The Morgan fingerprint density at radius 3 is 2.71 bits per heavy atom. The monoisotopic (exact) mass is 240 g/mol. The van der Waals surface area contributed by atoms with Crippen molar-refractivity contribution in [1.29, 1.82) is 0 Å². The van der Waals surface area contributed by atoms with Crippen molar-refractivity contribution >= 4 is 0 Å². The average molecular weight is 240 g/mol. The first-order chi connectivity index (χ1) is 8.31. The van der Waals surface area contributed by atoms with Gasteiger partial charge >= 0.3 is 0 Å². The summed E-state index contributed by atoms with van der Waals surface area (Å²) in [5, 5.41) is 0. The molecule has 1 saturated heterocycles. The van der Waals surface area contributed by atoms with Crippen LogP contribution in [0.1, 0.15) is 65.2 Å². The molecule has 0 radical (unpaired) electrons. The molecule has 0 aromatic carbocycles. The largest absolute Gasteiger partial charge is 0.329 e. The van der Waals surface area contributed by atoms with E-state index in [-0.39, 0.29) is 0 Å². The van der Waals surface area contributed by atoms with E-state index in [1.807, 2.05) is 0 Å². The first-order valence-electron chi connectivity index (χ1n) is 7.75. The molecule has 2 atom stereocenters. The van der Waals surface area contributed by atoms with Crippen molar-refractivity contribution in [2.24, 2.45) is 11.7 Å². The highest BCUT2D eigenvalue weighted by Crippen LogP contribution is 2.21. The molecular formula is C15H32N2. The lowest BCUT2D eigenvalue weighted by Gasteiger charge is -2.32. The van der Waals surface area contributed by atoms with Gasteiger partial charge in [0, 0.05) is 19.1 Å². The normalized spacial score (nSPS) is 24.5. The van der Waals surface area contributed by atoms with Gasteiger partial charge in [-0.2, -0.15) is 0 Å². The molecule has 1 rings (SSSR count). The Bertz CT molecular complexity index is 182. The molecule has 17 heavy (non-hydrogen) atoms. The summed E-state index contributed by atoms with van der Waals surface area (Å²) in [6.45, 7) is 8.06. The molecule has 0 aromatic heterocycles. The molecule has 2 N–H and O–H groups in total. The van der Waals surface area contributed by atoms with Crippen molar-refractivity contribution < 1.29 is 0 Å². The summed E-state index contributed by atoms with van der Waals surface area (Å²) in [7, 11) is 0. The highest BCUT2D eigenvalue weighted by molar-refractivity contribution is 4.78. The van der Waals surface area contributed by atoms with E-state index in [0.29, 0.717) is 6.04 Å². The minimum Gasteiger partial charge on any atom is -0.329 e. The molecule has 1 aliphatic heterocycles. The van der Waals surface area contributed by atoms with E-state index in [4.69, 9.17) is 5.73 Å². The van der Waals surface area contributed by atoms with Gasteiger partial charge in [-0.1, -0.05) is 46.0 Å². The Labute approximate surface area is 108 Å². The molecule has 1 heterocycles. The van der Waals surface area contributed by atoms with Crippen molar-refractivity contribution in [3.05, 3.63) is 0 Å². The molecule has 1 aliphatic rings. The van der Waals surface area contributed by atoms with Crippen LogP contribution < -0.4 is 5.73 Å². The first-order valence-corrected chi connectivity index (χ1v) is 7.75. The van der Waals surface area contributed by atoms with Gasteiger partial charge in [-0.25, -0.2) is 0 Å². The second kappa shape index (κ2) is 8.93. The lowest BCUT2D eigenvalue weighted by molar-refractivity contribution is 0.165. The summed E-state index contributed by atoms with van der Waals surface area (Å²) in [6.07, 6.45) is 10.9. The topological polar surface area (TPSA) is 29.3 Å². The quantitative estimate of drug-likeness (QED) is 0.739. The van der Waals surface area contributed by atoms with Gasteiger partial charge in [-0.3, -0.25) is 4.90 Å². The molecule has 0 saturated carbocycles. The third-order valence-corrected chi connectivity index (χ3v) is 4.31. The van der Waals surface area contributed by atoms with Crippen LogP contribution in [0, 0.1) is 5.92 Å². The van der Waals surface area contributed by atoms with E-state index in [9.17, 15) is 0 Å². The second-order valence-electron chi connectivity index (χ2n) is 5.65. The van der Waals surface area contributed by atoms with Crippen molar-refractivity contribution in [1.82, 2.24) is 4.90 Å². The second-order valence-corrected chi connectivity index (χ2v) is 5.65. The van der Waals surface area contributed by atoms with E-state index in [2.05, 4.69) is 18.7 Å². The third kappa shape index (κ3) is 5.39. The van der Waals surface area contributed by atoms with Gasteiger partial charge in [0.05, 0.1) is 0 Å². The Morgan fingerprint density at radius 2 is 2.06 bits per heavy atom. The van der Waals surface area contributed by atoms with Crippen LogP contribution in [0.3, 0.4) is 0 Å². The summed E-state index contributed by atoms with van der Waals surface area (Å²) in [6, 6.07) is 0.660. The molecule has 0 spiro atoms. The van der Waals surface area contributed by atoms with Crippen LogP contribution in [0.4, 0.5) is 0 Å². The number of likely N-dealkylation sites (tertiary alicyclic amines) is 1. The zero-order chi connectivity index (χ0) is 12.5. The smallest absolute Gasteiger partial charge is 0.0218 e. The maximum atomic E-state index is 5.94. The third-order valence-electron chi connectivity index (χ3n) is 4.31. The van der Waals surface area contributed by atoms with Crippen molar-refractivity contribution in [2.45, 2.75) is 71.3 Å². The molecule has 0 amide bonds. The predicted molar refractivity (Wildman–Crippen MR) is 76.2 cm³/mol. The van der Waals surface area contributed by atoms with Crippen LogP contribution in [0.5, 0.6) is 0 Å². The van der Waals surface area contributed by atoms with Gasteiger partial charge in [0.15, 0.2) is 0 Å². The Balaban J connectivity index is 2.43. The van der Waals surface area contributed by atoms with Crippen molar-refractivity contribution in [3.8, 4) is 0 Å². The standard InChI is InChI=1S/C15H32N2/c1-3-5-9-14(4-2)13-17-11-8-6-7-10-15(17)12-16/h14-15H,3-13,16H2,1-2H3. The molecule has 2 unspecified atom stereocenters. The summed E-state index contributed by atoms with van der Waals surface area (Å²) in [4.78, 5) is 2.69. The molecule has 1 fully saturated rings. The zero-order valence-electron chi connectivity index (χ0n) is 12.0. The van der Waals surface area contributed by atoms with E-state index in [0.717, 1.165) is 12.5 Å². The van der Waals surface area contributed by atoms with Crippen LogP contribution >= 0.6 is 0 Å². The minimum atomic E-state index is 0.660. The highest BCUT2D eigenvalue weighted by atomic mass is 15.2. The molecule has 0 aliphatic carbocycles. The van der Waals surface area contributed by atoms with Gasteiger partial charge in [0.2, 0.25) is 0 Å². The lowest BCUT2D eigenvalue weighted by atomic mass is 9.97. The van der Waals surface area contributed by atoms with E-state index in [1.54, 1.807) is 0 Å². The zero-order valence-corrected chi connectivity index (χ0v) is 12.0. The van der Waals surface area contributed by atoms with Gasteiger partial charge in [-0.05, 0) is 31.7 Å². The molecule has 102 valence electrons. The fourth-order valence-corrected chi connectivity index (χ4v) is 2.99.